The van der Waals surface area contributed by atoms with Gasteiger partial charge in [0.05, 0.1) is 0 Å². The summed E-state index contributed by atoms with van der Waals surface area (Å²) in [5.41, 5.74) is 8.41. The zero-order valence-electron chi connectivity index (χ0n) is 9.75. The summed E-state index contributed by atoms with van der Waals surface area (Å²) in [4.78, 5) is 0. The maximum absolute atomic E-state index is 14.0. The van der Waals surface area contributed by atoms with Gasteiger partial charge < -0.3 is 5.73 Å². The number of hydrogen-bond donors (Lipinski definition) is 1. The van der Waals surface area contributed by atoms with Crippen LogP contribution >= 0.6 is 0 Å². The molecule has 0 unspecified atom stereocenters. The van der Waals surface area contributed by atoms with Crippen molar-refractivity contribution in [1.82, 2.24) is 0 Å². The number of benzene rings is 2. The lowest BCUT2D eigenvalue weighted by Gasteiger charge is -2.15. The Labute approximate surface area is 100 Å². The highest BCUT2D eigenvalue weighted by molar-refractivity contribution is 5.87. The minimum Gasteiger partial charge on any atom is -0.324 e. The number of hydrogen-bond acceptors (Lipinski definition) is 1. The second-order valence-corrected chi connectivity index (χ2v) is 4.82. The van der Waals surface area contributed by atoms with Gasteiger partial charge in [0.15, 0.2) is 0 Å². The molecule has 88 valence electrons. The van der Waals surface area contributed by atoms with Gasteiger partial charge in [-0.15, -0.1) is 0 Å². The van der Waals surface area contributed by atoms with Crippen molar-refractivity contribution in [3.05, 3.63) is 47.3 Å². The Kier molecular flexibility index (Phi) is 2.60. The minimum absolute atomic E-state index is 0.00777. The lowest BCUT2D eigenvalue weighted by atomic mass is 9.93. The summed E-state index contributed by atoms with van der Waals surface area (Å²) in [6, 6.07) is 9.35. The van der Waals surface area contributed by atoms with Crippen LogP contribution in [0.1, 0.15) is 36.4 Å². The zero-order chi connectivity index (χ0) is 11.8. The largest absolute Gasteiger partial charge is 0.324 e. The van der Waals surface area contributed by atoms with E-state index in [0.29, 0.717) is 0 Å². The molecule has 1 atom stereocenters. The van der Waals surface area contributed by atoms with Crippen LogP contribution in [0, 0.1) is 5.82 Å². The van der Waals surface area contributed by atoms with Crippen molar-refractivity contribution in [3.8, 4) is 0 Å². The van der Waals surface area contributed by atoms with Gasteiger partial charge in [0.2, 0.25) is 0 Å². The standard InChI is InChI=1S/C15H16FN/c16-14-9-13-11(6-3-4-8-15(13)17)10-5-1-2-7-12(10)14/h1-2,5,7,9,15H,3-4,6,8,17H2/t15-/m1/s1. The fourth-order valence-corrected chi connectivity index (χ4v) is 2.84. The maximum Gasteiger partial charge on any atom is 0.131 e. The van der Waals surface area contributed by atoms with Crippen LogP contribution in [0.2, 0.25) is 0 Å². The van der Waals surface area contributed by atoms with Crippen molar-refractivity contribution in [1.29, 1.82) is 0 Å². The Balaban J connectivity index is 2.34. The first-order chi connectivity index (χ1) is 8.27. The van der Waals surface area contributed by atoms with Crippen LogP contribution in [0.15, 0.2) is 30.3 Å². The third-order valence-corrected chi connectivity index (χ3v) is 3.73. The summed E-state index contributed by atoms with van der Waals surface area (Å²) in [5, 5.41) is 1.76. The summed E-state index contributed by atoms with van der Waals surface area (Å²) in [7, 11) is 0. The van der Waals surface area contributed by atoms with Gasteiger partial charge in [-0.25, -0.2) is 4.39 Å². The van der Waals surface area contributed by atoms with Crippen molar-refractivity contribution in [2.24, 2.45) is 5.73 Å². The lowest BCUT2D eigenvalue weighted by molar-refractivity contribution is 0.604. The van der Waals surface area contributed by atoms with Crippen LogP contribution < -0.4 is 5.73 Å². The molecule has 2 heteroatoms. The van der Waals surface area contributed by atoms with Gasteiger partial charge in [-0.05, 0) is 41.8 Å². The van der Waals surface area contributed by atoms with Crippen LogP contribution in [0.25, 0.3) is 10.8 Å². The smallest absolute Gasteiger partial charge is 0.131 e. The molecule has 1 aliphatic rings. The van der Waals surface area contributed by atoms with E-state index in [1.54, 1.807) is 6.07 Å². The first-order valence-electron chi connectivity index (χ1n) is 6.23. The highest BCUT2D eigenvalue weighted by Crippen LogP contribution is 2.33. The molecule has 0 saturated heterocycles. The van der Waals surface area contributed by atoms with E-state index in [-0.39, 0.29) is 11.9 Å². The molecule has 2 aromatic carbocycles. The van der Waals surface area contributed by atoms with Gasteiger partial charge in [-0.2, -0.15) is 0 Å². The van der Waals surface area contributed by atoms with Crippen molar-refractivity contribution in [2.45, 2.75) is 31.7 Å². The second kappa shape index (κ2) is 4.11. The summed E-state index contributed by atoms with van der Waals surface area (Å²) < 4.78 is 14.0. The van der Waals surface area contributed by atoms with Gasteiger partial charge in [0, 0.05) is 11.4 Å². The molecule has 0 amide bonds. The maximum atomic E-state index is 14.0. The predicted molar refractivity (Wildman–Crippen MR) is 68.4 cm³/mol. The van der Waals surface area contributed by atoms with E-state index in [1.165, 1.54) is 5.56 Å². The van der Waals surface area contributed by atoms with E-state index in [0.717, 1.165) is 42.0 Å². The van der Waals surface area contributed by atoms with Gasteiger partial charge in [0.25, 0.3) is 0 Å². The molecule has 1 nitrogen and oxygen atoms in total. The Hall–Kier alpha value is -1.41. The fourth-order valence-electron chi connectivity index (χ4n) is 2.84. The van der Waals surface area contributed by atoms with E-state index < -0.39 is 0 Å². The average Bonchev–Trinajstić information content (AvgIpc) is 2.53. The number of halogens is 1. The monoisotopic (exact) mass is 229 g/mol. The normalized spacial score (nSPS) is 20.0. The van der Waals surface area contributed by atoms with E-state index in [2.05, 4.69) is 0 Å². The van der Waals surface area contributed by atoms with Gasteiger partial charge in [-0.3, -0.25) is 0 Å². The van der Waals surface area contributed by atoms with Crippen molar-refractivity contribution >= 4 is 10.8 Å². The molecule has 0 aliphatic heterocycles. The van der Waals surface area contributed by atoms with Gasteiger partial charge in [-0.1, -0.05) is 30.7 Å². The van der Waals surface area contributed by atoms with E-state index >= 15 is 0 Å². The molecular weight excluding hydrogens is 213 g/mol. The number of nitrogens with two attached hydrogens (primary N) is 1. The van der Waals surface area contributed by atoms with Crippen molar-refractivity contribution < 1.29 is 4.39 Å². The quantitative estimate of drug-likeness (QED) is 0.685. The third-order valence-electron chi connectivity index (χ3n) is 3.73. The van der Waals surface area contributed by atoms with Crippen LogP contribution in [0.3, 0.4) is 0 Å². The highest BCUT2D eigenvalue weighted by Gasteiger charge is 2.19. The molecular formula is C15H16FN. The molecule has 0 bridgehead atoms. The molecule has 0 radical (unpaired) electrons. The molecule has 3 rings (SSSR count). The molecule has 1 aliphatic carbocycles. The third kappa shape index (κ3) is 1.73. The average molecular weight is 229 g/mol. The Bertz CT molecular complexity index is 562. The van der Waals surface area contributed by atoms with E-state index in [1.807, 2.05) is 24.3 Å². The number of rotatable bonds is 0. The SMILES string of the molecule is N[C@@H]1CCCCc2c1cc(F)c1ccccc21. The summed E-state index contributed by atoms with van der Waals surface area (Å²) in [5.74, 6) is -0.142. The molecule has 2 aromatic rings. The number of aryl methyl sites for hydroxylation is 1. The summed E-state index contributed by atoms with van der Waals surface area (Å²) >= 11 is 0. The fraction of sp³-hybridized carbons (Fsp3) is 0.333. The molecule has 0 aromatic heterocycles. The van der Waals surface area contributed by atoms with E-state index in [4.69, 9.17) is 5.73 Å². The molecule has 0 saturated carbocycles. The molecule has 0 fully saturated rings. The van der Waals surface area contributed by atoms with Crippen LogP contribution in [0.4, 0.5) is 4.39 Å². The first kappa shape index (κ1) is 10.7. The minimum atomic E-state index is -0.142. The molecule has 17 heavy (non-hydrogen) atoms. The Morgan fingerprint density at radius 1 is 1.12 bits per heavy atom. The molecule has 2 N–H and O–H groups in total. The topological polar surface area (TPSA) is 26.0 Å². The van der Waals surface area contributed by atoms with Crippen molar-refractivity contribution in [3.63, 3.8) is 0 Å². The second-order valence-electron chi connectivity index (χ2n) is 4.82. The number of fused-ring (bicyclic) bond motifs is 3. The van der Waals surface area contributed by atoms with E-state index in [9.17, 15) is 4.39 Å². The van der Waals surface area contributed by atoms with Gasteiger partial charge in [0.1, 0.15) is 5.82 Å². The predicted octanol–water partition coefficient (Wildman–Crippen LogP) is 3.71. The lowest BCUT2D eigenvalue weighted by Crippen LogP contribution is -2.11. The Morgan fingerprint density at radius 2 is 1.88 bits per heavy atom. The molecule has 0 spiro atoms. The van der Waals surface area contributed by atoms with Crippen LogP contribution in [-0.2, 0) is 6.42 Å². The van der Waals surface area contributed by atoms with Crippen molar-refractivity contribution in [2.75, 3.05) is 0 Å². The summed E-state index contributed by atoms with van der Waals surface area (Å²) in [6.07, 6.45) is 4.26. The highest BCUT2D eigenvalue weighted by atomic mass is 19.1. The van der Waals surface area contributed by atoms with Crippen LogP contribution in [0.5, 0.6) is 0 Å². The van der Waals surface area contributed by atoms with Gasteiger partial charge >= 0.3 is 0 Å². The first-order valence-corrected chi connectivity index (χ1v) is 6.23. The zero-order valence-corrected chi connectivity index (χ0v) is 9.75. The molecule has 0 heterocycles. The van der Waals surface area contributed by atoms with Crippen LogP contribution in [-0.4, -0.2) is 0 Å². The Morgan fingerprint density at radius 3 is 2.71 bits per heavy atom. The summed E-state index contributed by atoms with van der Waals surface area (Å²) in [6.45, 7) is 0.